The molecular formula is C13H30N4. The first-order valence-electron chi connectivity index (χ1n) is 7.13. The lowest BCUT2D eigenvalue weighted by atomic mass is 10.1. The summed E-state index contributed by atoms with van der Waals surface area (Å²) >= 11 is 0. The van der Waals surface area contributed by atoms with Crippen molar-refractivity contribution < 1.29 is 0 Å². The van der Waals surface area contributed by atoms with Crippen LogP contribution in [0.2, 0.25) is 0 Å². The second-order valence-electron chi connectivity index (χ2n) is 5.22. The Morgan fingerprint density at radius 2 is 1.65 bits per heavy atom. The van der Waals surface area contributed by atoms with E-state index in [1.165, 1.54) is 19.4 Å². The van der Waals surface area contributed by atoms with Crippen molar-refractivity contribution in [1.82, 2.24) is 21.3 Å². The SMILES string of the molecule is CC1CNCCN1.CCC1CCNCC(C)N1. The monoisotopic (exact) mass is 242 g/mol. The molecule has 4 heteroatoms. The molecule has 0 aromatic carbocycles. The van der Waals surface area contributed by atoms with Gasteiger partial charge in [-0.2, -0.15) is 0 Å². The van der Waals surface area contributed by atoms with E-state index in [1.54, 1.807) is 0 Å². The van der Waals surface area contributed by atoms with E-state index >= 15 is 0 Å². The predicted molar refractivity (Wildman–Crippen MR) is 74.5 cm³/mol. The van der Waals surface area contributed by atoms with Crippen molar-refractivity contribution in [3.63, 3.8) is 0 Å². The third-order valence-electron chi connectivity index (χ3n) is 3.38. The minimum Gasteiger partial charge on any atom is -0.315 e. The molecule has 4 nitrogen and oxygen atoms in total. The topological polar surface area (TPSA) is 48.1 Å². The summed E-state index contributed by atoms with van der Waals surface area (Å²) in [6.07, 6.45) is 2.53. The van der Waals surface area contributed by atoms with E-state index in [4.69, 9.17) is 0 Å². The van der Waals surface area contributed by atoms with Crippen LogP contribution in [0.5, 0.6) is 0 Å². The average molecular weight is 242 g/mol. The summed E-state index contributed by atoms with van der Waals surface area (Å²) in [7, 11) is 0. The van der Waals surface area contributed by atoms with Gasteiger partial charge in [0, 0.05) is 44.3 Å². The molecule has 4 N–H and O–H groups in total. The second kappa shape index (κ2) is 8.86. The number of hydrogen-bond donors (Lipinski definition) is 4. The van der Waals surface area contributed by atoms with Crippen LogP contribution in [0, 0.1) is 0 Å². The molecule has 0 radical (unpaired) electrons. The van der Waals surface area contributed by atoms with E-state index in [2.05, 4.69) is 42.0 Å². The highest BCUT2D eigenvalue weighted by atomic mass is 15.0. The molecule has 0 amide bonds. The van der Waals surface area contributed by atoms with Crippen LogP contribution in [0.4, 0.5) is 0 Å². The fourth-order valence-corrected chi connectivity index (χ4v) is 2.26. The van der Waals surface area contributed by atoms with Gasteiger partial charge in [-0.3, -0.25) is 0 Å². The van der Waals surface area contributed by atoms with E-state index in [1.807, 2.05) is 0 Å². The van der Waals surface area contributed by atoms with Gasteiger partial charge < -0.3 is 21.3 Å². The second-order valence-corrected chi connectivity index (χ2v) is 5.22. The summed E-state index contributed by atoms with van der Waals surface area (Å²) < 4.78 is 0. The number of piperazine rings is 1. The van der Waals surface area contributed by atoms with Crippen LogP contribution in [0.15, 0.2) is 0 Å². The molecule has 0 aromatic heterocycles. The van der Waals surface area contributed by atoms with Crippen LogP contribution in [0.3, 0.4) is 0 Å². The van der Waals surface area contributed by atoms with E-state index in [9.17, 15) is 0 Å². The summed E-state index contributed by atoms with van der Waals surface area (Å²) in [5.41, 5.74) is 0. The van der Waals surface area contributed by atoms with Crippen molar-refractivity contribution in [2.75, 3.05) is 32.7 Å². The molecule has 0 bridgehead atoms. The maximum absolute atomic E-state index is 3.57. The van der Waals surface area contributed by atoms with Gasteiger partial charge in [0.2, 0.25) is 0 Å². The Labute approximate surface area is 106 Å². The van der Waals surface area contributed by atoms with Gasteiger partial charge in [0.25, 0.3) is 0 Å². The Hall–Kier alpha value is -0.160. The van der Waals surface area contributed by atoms with Crippen molar-refractivity contribution in [2.45, 2.75) is 51.7 Å². The van der Waals surface area contributed by atoms with Crippen molar-refractivity contribution >= 4 is 0 Å². The van der Waals surface area contributed by atoms with Crippen molar-refractivity contribution in [1.29, 1.82) is 0 Å². The van der Waals surface area contributed by atoms with E-state index in [0.717, 1.165) is 32.2 Å². The van der Waals surface area contributed by atoms with Gasteiger partial charge in [0.15, 0.2) is 0 Å². The van der Waals surface area contributed by atoms with Crippen molar-refractivity contribution in [2.24, 2.45) is 0 Å². The van der Waals surface area contributed by atoms with Crippen LogP contribution in [0.1, 0.15) is 33.6 Å². The molecule has 2 rings (SSSR count). The van der Waals surface area contributed by atoms with Crippen molar-refractivity contribution in [3.05, 3.63) is 0 Å². The molecule has 0 spiro atoms. The first-order chi connectivity index (χ1) is 8.22. The zero-order valence-corrected chi connectivity index (χ0v) is 11.7. The Morgan fingerprint density at radius 3 is 2.18 bits per heavy atom. The van der Waals surface area contributed by atoms with Crippen molar-refractivity contribution in [3.8, 4) is 0 Å². The summed E-state index contributed by atoms with van der Waals surface area (Å²) in [6, 6.07) is 2.06. The Kier molecular flexibility index (Phi) is 7.77. The average Bonchev–Trinajstić information content (AvgIpc) is 2.55. The molecule has 3 unspecified atom stereocenters. The van der Waals surface area contributed by atoms with E-state index < -0.39 is 0 Å². The van der Waals surface area contributed by atoms with Gasteiger partial charge >= 0.3 is 0 Å². The van der Waals surface area contributed by atoms with Crippen LogP contribution in [-0.2, 0) is 0 Å². The quantitative estimate of drug-likeness (QED) is 0.534. The fraction of sp³-hybridized carbons (Fsp3) is 1.00. The van der Waals surface area contributed by atoms with Crippen LogP contribution >= 0.6 is 0 Å². The molecule has 17 heavy (non-hydrogen) atoms. The van der Waals surface area contributed by atoms with E-state index in [-0.39, 0.29) is 0 Å². The minimum atomic E-state index is 0.646. The number of rotatable bonds is 1. The Bertz CT molecular complexity index is 180. The van der Waals surface area contributed by atoms with Gasteiger partial charge in [-0.1, -0.05) is 6.92 Å². The predicted octanol–water partition coefficient (Wildman–Crippen LogP) is 0.304. The lowest BCUT2D eigenvalue weighted by molar-refractivity contribution is 0.442. The van der Waals surface area contributed by atoms with Gasteiger partial charge in [0.1, 0.15) is 0 Å². The van der Waals surface area contributed by atoms with Gasteiger partial charge in [0.05, 0.1) is 0 Å². The standard InChI is InChI=1S/C8H18N2.C5H12N2/c1-3-8-4-5-9-6-7(2)10-8;1-5-4-6-2-3-7-5/h7-10H,3-6H2,1-2H3;5-7H,2-4H2,1H3. The molecule has 2 fully saturated rings. The molecule has 2 saturated heterocycles. The molecular weight excluding hydrogens is 212 g/mol. The number of hydrogen-bond acceptors (Lipinski definition) is 4. The van der Waals surface area contributed by atoms with Gasteiger partial charge in [-0.05, 0) is 33.2 Å². The Morgan fingerprint density at radius 1 is 0.941 bits per heavy atom. The summed E-state index contributed by atoms with van der Waals surface area (Å²) in [5.74, 6) is 0. The zero-order chi connectivity index (χ0) is 12.5. The summed E-state index contributed by atoms with van der Waals surface area (Å²) in [5, 5.41) is 13.6. The molecule has 0 saturated carbocycles. The van der Waals surface area contributed by atoms with E-state index in [0.29, 0.717) is 12.1 Å². The molecule has 2 heterocycles. The maximum Gasteiger partial charge on any atom is 0.0166 e. The maximum atomic E-state index is 3.57. The molecule has 0 aromatic rings. The van der Waals surface area contributed by atoms with Crippen LogP contribution < -0.4 is 21.3 Å². The summed E-state index contributed by atoms with van der Waals surface area (Å²) in [4.78, 5) is 0. The smallest absolute Gasteiger partial charge is 0.0166 e. The third kappa shape index (κ3) is 6.99. The molecule has 3 atom stereocenters. The first kappa shape index (κ1) is 14.9. The van der Waals surface area contributed by atoms with Crippen LogP contribution in [-0.4, -0.2) is 50.8 Å². The largest absolute Gasteiger partial charge is 0.315 e. The highest BCUT2D eigenvalue weighted by Crippen LogP contribution is 2.00. The molecule has 2 aliphatic heterocycles. The fourth-order valence-electron chi connectivity index (χ4n) is 2.26. The molecule has 2 aliphatic rings. The van der Waals surface area contributed by atoms with Gasteiger partial charge in [-0.25, -0.2) is 0 Å². The Balaban J connectivity index is 0.000000181. The molecule has 102 valence electrons. The third-order valence-corrected chi connectivity index (χ3v) is 3.38. The highest BCUT2D eigenvalue weighted by Gasteiger charge is 2.12. The lowest BCUT2D eigenvalue weighted by Gasteiger charge is -2.19. The first-order valence-corrected chi connectivity index (χ1v) is 7.13. The number of nitrogens with one attached hydrogen (secondary N) is 4. The minimum absolute atomic E-state index is 0.646. The zero-order valence-electron chi connectivity index (χ0n) is 11.7. The lowest BCUT2D eigenvalue weighted by Crippen LogP contribution is -2.46. The molecule has 0 aliphatic carbocycles. The highest BCUT2D eigenvalue weighted by molar-refractivity contribution is 4.76. The summed E-state index contributed by atoms with van der Waals surface area (Å²) in [6.45, 7) is 12.3. The van der Waals surface area contributed by atoms with Gasteiger partial charge in [-0.15, -0.1) is 0 Å². The normalized spacial score (nSPS) is 34.4. The van der Waals surface area contributed by atoms with Crippen LogP contribution in [0.25, 0.3) is 0 Å².